The first-order valence-electron chi connectivity index (χ1n) is 8.10. The molecule has 0 amide bonds. The number of ether oxygens (including phenoxy) is 1. The smallest absolute Gasteiger partial charge is 0.279 e. The molecule has 6 nitrogen and oxygen atoms in total. The Morgan fingerprint density at radius 1 is 1.10 bits per heavy atom. The molecule has 1 N–H and O–H groups in total. The topological polar surface area (TPSA) is 61.9 Å². The molecule has 2 aliphatic rings. The van der Waals surface area contributed by atoms with Crippen LogP contribution >= 0.6 is 0 Å². The summed E-state index contributed by atoms with van der Waals surface area (Å²) in [4.78, 5) is 2.36. The van der Waals surface area contributed by atoms with Crippen LogP contribution < -0.4 is 4.72 Å². The minimum atomic E-state index is -3.27. The standard InChI is InChI=1S/C14H29N3O3S/c1-13-11-16(12-14(2)20-13)8-6-7-15-21(18,19)17-9-4-3-5-10-17/h13-15H,3-12H2,1-2H3. The highest BCUT2D eigenvalue weighted by Crippen LogP contribution is 2.12. The van der Waals surface area contributed by atoms with E-state index in [9.17, 15) is 8.42 Å². The average Bonchev–Trinajstić information content (AvgIpc) is 2.44. The molecule has 21 heavy (non-hydrogen) atoms. The molecule has 0 aromatic heterocycles. The van der Waals surface area contributed by atoms with E-state index in [4.69, 9.17) is 4.74 Å². The van der Waals surface area contributed by atoms with E-state index < -0.39 is 10.2 Å². The Morgan fingerprint density at radius 3 is 2.33 bits per heavy atom. The minimum absolute atomic E-state index is 0.263. The van der Waals surface area contributed by atoms with Crippen LogP contribution in [-0.2, 0) is 14.9 Å². The Bertz CT molecular complexity index is 400. The van der Waals surface area contributed by atoms with Crippen LogP contribution in [-0.4, -0.2) is 69.1 Å². The van der Waals surface area contributed by atoms with E-state index in [0.29, 0.717) is 19.6 Å². The molecule has 0 aromatic rings. The van der Waals surface area contributed by atoms with E-state index in [0.717, 1.165) is 45.3 Å². The van der Waals surface area contributed by atoms with Gasteiger partial charge in [0.15, 0.2) is 0 Å². The van der Waals surface area contributed by atoms with E-state index in [1.54, 1.807) is 4.31 Å². The quantitative estimate of drug-likeness (QED) is 0.736. The lowest BCUT2D eigenvalue weighted by Gasteiger charge is -2.35. The Labute approximate surface area is 129 Å². The third kappa shape index (κ3) is 5.49. The molecule has 0 aromatic carbocycles. The van der Waals surface area contributed by atoms with Gasteiger partial charge in [-0.1, -0.05) is 6.42 Å². The van der Waals surface area contributed by atoms with Crippen LogP contribution in [0.25, 0.3) is 0 Å². The molecule has 0 bridgehead atoms. The first-order valence-corrected chi connectivity index (χ1v) is 9.54. The monoisotopic (exact) mass is 319 g/mol. The van der Waals surface area contributed by atoms with Crippen molar-refractivity contribution in [3.05, 3.63) is 0 Å². The van der Waals surface area contributed by atoms with Crippen molar-refractivity contribution >= 4 is 10.2 Å². The summed E-state index contributed by atoms with van der Waals surface area (Å²) in [6, 6.07) is 0. The Morgan fingerprint density at radius 2 is 1.71 bits per heavy atom. The fourth-order valence-electron chi connectivity index (χ4n) is 3.17. The SMILES string of the molecule is CC1CN(CCCNS(=O)(=O)N2CCCCC2)CC(C)O1. The minimum Gasteiger partial charge on any atom is -0.373 e. The van der Waals surface area contributed by atoms with Gasteiger partial charge in [-0.3, -0.25) is 4.90 Å². The lowest BCUT2D eigenvalue weighted by atomic mass is 10.2. The third-order valence-corrected chi connectivity index (χ3v) is 5.70. The first-order chi connectivity index (χ1) is 9.97. The molecule has 2 atom stereocenters. The van der Waals surface area contributed by atoms with Crippen LogP contribution in [0.4, 0.5) is 0 Å². The zero-order valence-electron chi connectivity index (χ0n) is 13.3. The summed E-state index contributed by atoms with van der Waals surface area (Å²) in [6.45, 7) is 8.79. The van der Waals surface area contributed by atoms with Crippen molar-refractivity contribution in [1.29, 1.82) is 0 Å². The second-order valence-corrected chi connectivity index (χ2v) is 7.98. The van der Waals surface area contributed by atoms with E-state index >= 15 is 0 Å². The highest BCUT2D eigenvalue weighted by Gasteiger charge is 2.24. The third-order valence-electron chi connectivity index (χ3n) is 4.09. The van der Waals surface area contributed by atoms with Gasteiger partial charge in [0, 0.05) is 32.7 Å². The van der Waals surface area contributed by atoms with Gasteiger partial charge in [-0.2, -0.15) is 12.7 Å². The number of hydrogen-bond acceptors (Lipinski definition) is 4. The van der Waals surface area contributed by atoms with Gasteiger partial charge < -0.3 is 4.74 Å². The first kappa shape index (κ1) is 17.1. The molecule has 0 saturated carbocycles. The molecule has 2 heterocycles. The summed E-state index contributed by atoms with van der Waals surface area (Å²) in [5.74, 6) is 0. The molecule has 0 aliphatic carbocycles. The predicted octanol–water partition coefficient (Wildman–Crippen LogP) is 0.806. The van der Waals surface area contributed by atoms with Gasteiger partial charge in [0.05, 0.1) is 12.2 Å². The van der Waals surface area contributed by atoms with Crippen molar-refractivity contribution in [1.82, 2.24) is 13.9 Å². The molecule has 2 rings (SSSR count). The number of hydrogen-bond donors (Lipinski definition) is 1. The molecule has 124 valence electrons. The van der Waals surface area contributed by atoms with E-state index in [-0.39, 0.29) is 12.2 Å². The maximum Gasteiger partial charge on any atom is 0.279 e. The lowest BCUT2D eigenvalue weighted by Crippen LogP contribution is -2.47. The summed E-state index contributed by atoms with van der Waals surface area (Å²) in [5.41, 5.74) is 0. The van der Waals surface area contributed by atoms with Crippen LogP contribution in [0.15, 0.2) is 0 Å². The van der Waals surface area contributed by atoms with Crippen molar-refractivity contribution in [2.24, 2.45) is 0 Å². The maximum absolute atomic E-state index is 12.1. The second-order valence-electron chi connectivity index (χ2n) is 6.23. The largest absolute Gasteiger partial charge is 0.373 e. The van der Waals surface area contributed by atoms with Crippen LogP contribution in [0.2, 0.25) is 0 Å². The van der Waals surface area contributed by atoms with E-state index in [1.165, 1.54) is 0 Å². The van der Waals surface area contributed by atoms with Crippen molar-refractivity contribution in [2.45, 2.75) is 51.7 Å². The molecular weight excluding hydrogens is 290 g/mol. The average molecular weight is 319 g/mol. The Kier molecular flexibility index (Phi) is 6.43. The van der Waals surface area contributed by atoms with Gasteiger partial charge in [-0.15, -0.1) is 0 Å². The molecule has 2 aliphatic heterocycles. The van der Waals surface area contributed by atoms with Crippen molar-refractivity contribution in [2.75, 3.05) is 39.3 Å². The van der Waals surface area contributed by atoms with Crippen molar-refractivity contribution < 1.29 is 13.2 Å². The van der Waals surface area contributed by atoms with Crippen molar-refractivity contribution in [3.8, 4) is 0 Å². The van der Waals surface area contributed by atoms with Crippen molar-refractivity contribution in [3.63, 3.8) is 0 Å². The zero-order valence-corrected chi connectivity index (χ0v) is 14.1. The molecule has 0 radical (unpaired) electrons. The fraction of sp³-hybridized carbons (Fsp3) is 1.00. The predicted molar refractivity (Wildman–Crippen MR) is 83.4 cm³/mol. The van der Waals surface area contributed by atoms with Gasteiger partial charge in [-0.05, 0) is 39.7 Å². The highest BCUT2D eigenvalue weighted by atomic mass is 32.2. The molecular formula is C14H29N3O3S. The maximum atomic E-state index is 12.1. The van der Waals surface area contributed by atoms with Gasteiger partial charge in [0.1, 0.15) is 0 Å². The normalized spacial score (nSPS) is 29.6. The zero-order chi connectivity index (χ0) is 15.3. The number of nitrogens with zero attached hydrogens (tertiary/aromatic N) is 2. The van der Waals surface area contributed by atoms with Gasteiger partial charge >= 0.3 is 0 Å². The summed E-state index contributed by atoms with van der Waals surface area (Å²) in [6.07, 6.45) is 4.46. The molecule has 2 saturated heterocycles. The summed E-state index contributed by atoms with van der Waals surface area (Å²) >= 11 is 0. The number of nitrogens with one attached hydrogen (secondary N) is 1. The summed E-state index contributed by atoms with van der Waals surface area (Å²) in [5, 5.41) is 0. The fourth-order valence-corrected chi connectivity index (χ4v) is 4.49. The van der Waals surface area contributed by atoms with Crippen LogP contribution in [0, 0.1) is 0 Å². The second kappa shape index (κ2) is 7.87. The number of morpholine rings is 1. The molecule has 2 unspecified atom stereocenters. The van der Waals surface area contributed by atoms with E-state index in [1.807, 2.05) is 0 Å². The summed E-state index contributed by atoms with van der Waals surface area (Å²) in [7, 11) is -3.27. The number of piperidine rings is 1. The Balaban J connectivity index is 1.66. The molecule has 7 heteroatoms. The van der Waals surface area contributed by atoms with Gasteiger partial charge in [0.2, 0.25) is 0 Å². The lowest BCUT2D eigenvalue weighted by molar-refractivity contribution is -0.0679. The van der Waals surface area contributed by atoms with Crippen LogP contribution in [0.5, 0.6) is 0 Å². The highest BCUT2D eigenvalue weighted by molar-refractivity contribution is 7.87. The molecule has 2 fully saturated rings. The Hall–Kier alpha value is -0.210. The number of rotatable bonds is 6. The summed E-state index contributed by atoms with van der Waals surface area (Å²) < 4.78 is 34.3. The van der Waals surface area contributed by atoms with Crippen LogP contribution in [0.1, 0.15) is 39.5 Å². The van der Waals surface area contributed by atoms with Gasteiger partial charge in [-0.25, -0.2) is 4.72 Å². The molecule has 0 spiro atoms. The van der Waals surface area contributed by atoms with Gasteiger partial charge in [0.25, 0.3) is 10.2 Å². The van der Waals surface area contributed by atoms with Crippen LogP contribution in [0.3, 0.4) is 0 Å². The van der Waals surface area contributed by atoms with E-state index in [2.05, 4.69) is 23.5 Å².